The lowest BCUT2D eigenvalue weighted by molar-refractivity contribution is 0.103. The summed E-state index contributed by atoms with van der Waals surface area (Å²) in [6.45, 7) is 0. The molecule has 1 aliphatic rings. The van der Waals surface area contributed by atoms with Crippen molar-refractivity contribution in [1.29, 1.82) is 5.41 Å². The number of amides is 1. The number of thiocarbonyl (C=S) groups is 1. The number of ether oxygens (including phenoxy) is 1. The van der Waals surface area contributed by atoms with Crippen molar-refractivity contribution in [1.82, 2.24) is 5.32 Å². The molecule has 0 saturated carbocycles. The summed E-state index contributed by atoms with van der Waals surface area (Å²) in [5, 5.41) is 13.8. The van der Waals surface area contributed by atoms with Gasteiger partial charge in [0, 0.05) is 23.2 Å². The molecule has 2 aromatic carbocycles. The van der Waals surface area contributed by atoms with E-state index in [4.69, 9.17) is 29.2 Å². The number of methoxy groups -OCH3 is 1. The van der Waals surface area contributed by atoms with Gasteiger partial charge in [0.2, 0.25) is 0 Å². The van der Waals surface area contributed by atoms with Crippen LogP contribution in [-0.4, -0.2) is 29.8 Å². The molecule has 31 heavy (non-hydrogen) atoms. The molecule has 3 N–H and O–H groups in total. The number of carbonyl (C=O) groups is 2. The minimum atomic E-state index is -0.678. The number of benzene rings is 2. The van der Waals surface area contributed by atoms with Crippen molar-refractivity contribution in [2.24, 2.45) is 0 Å². The zero-order valence-corrected chi connectivity index (χ0v) is 18.3. The number of hydrogen-bond acceptors (Lipinski definition) is 5. The second-order valence-electron chi connectivity index (χ2n) is 6.81. The number of halogens is 1. The summed E-state index contributed by atoms with van der Waals surface area (Å²) in [5.74, 6) is -0.0996. The van der Waals surface area contributed by atoms with Gasteiger partial charge in [0.1, 0.15) is 0 Å². The second-order valence-corrected chi connectivity index (χ2v) is 7.62. The highest BCUT2D eigenvalue weighted by Crippen LogP contribution is 2.26. The normalized spacial score (nSPS) is 13.0. The van der Waals surface area contributed by atoms with Crippen LogP contribution in [0.2, 0.25) is 0 Å². The summed E-state index contributed by atoms with van der Waals surface area (Å²) in [5.41, 5.74) is 3.82. The molecular formula is C23H20ClN3O3S. The molecule has 0 fully saturated rings. The van der Waals surface area contributed by atoms with Crippen LogP contribution in [0.1, 0.15) is 27.9 Å². The lowest BCUT2D eigenvalue weighted by Gasteiger charge is -2.17. The Labute approximate surface area is 190 Å². The highest BCUT2D eigenvalue weighted by atomic mass is 35.5. The van der Waals surface area contributed by atoms with Crippen LogP contribution in [0.25, 0.3) is 0 Å². The maximum atomic E-state index is 13.1. The molecule has 0 radical (unpaired) electrons. The van der Waals surface area contributed by atoms with Crippen molar-refractivity contribution in [2.75, 3.05) is 12.4 Å². The van der Waals surface area contributed by atoms with Gasteiger partial charge < -0.3 is 15.5 Å². The first-order valence-electron chi connectivity index (χ1n) is 9.39. The zero-order chi connectivity index (χ0) is 22.4. The van der Waals surface area contributed by atoms with Gasteiger partial charge >= 0.3 is 6.09 Å². The largest absolute Gasteiger partial charge is 0.453 e. The van der Waals surface area contributed by atoms with Gasteiger partial charge in [-0.25, -0.2) is 4.79 Å². The topological polar surface area (TPSA) is 91.3 Å². The van der Waals surface area contributed by atoms with Crippen molar-refractivity contribution < 1.29 is 14.3 Å². The Morgan fingerprint density at radius 3 is 2.58 bits per heavy atom. The van der Waals surface area contributed by atoms with Gasteiger partial charge in [-0.2, -0.15) is 0 Å². The third-order valence-corrected chi connectivity index (χ3v) is 5.18. The van der Waals surface area contributed by atoms with Crippen LogP contribution >= 0.6 is 23.8 Å². The molecule has 0 aliphatic heterocycles. The van der Waals surface area contributed by atoms with E-state index in [1.807, 2.05) is 30.3 Å². The van der Waals surface area contributed by atoms with E-state index in [9.17, 15) is 9.59 Å². The van der Waals surface area contributed by atoms with Crippen LogP contribution < -0.4 is 10.6 Å². The van der Waals surface area contributed by atoms with Crippen LogP contribution in [0.3, 0.4) is 0 Å². The Morgan fingerprint density at radius 2 is 1.90 bits per heavy atom. The quantitative estimate of drug-likeness (QED) is 0.438. The molecule has 0 spiro atoms. The Hall–Kier alpha value is -3.29. The Balaban J connectivity index is 1.93. The zero-order valence-electron chi connectivity index (χ0n) is 16.7. The SMILES string of the molecule is COC(=O)NC(=S)Nc1ccc(C(=O)c2ccccc2)c(CC2=CC=C(Cl)C(=N)C2)c1. The van der Waals surface area contributed by atoms with E-state index in [2.05, 4.69) is 15.4 Å². The average molecular weight is 454 g/mol. The van der Waals surface area contributed by atoms with E-state index in [1.54, 1.807) is 30.3 Å². The van der Waals surface area contributed by atoms with E-state index < -0.39 is 6.09 Å². The minimum absolute atomic E-state index is 0.0771. The molecule has 158 valence electrons. The van der Waals surface area contributed by atoms with E-state index in [0.717, 1.165) is 11.1 Å². The molecule has 3 rings (SSSR count). The van der Waals surface area contributed by atoms with E-state index in [0.29, 0.717) is 40.4 Å². The van der Waals surface area contributed by atoms with Crippen LogP contribution in [0.5, 0.6) is 0 Å². The second kappa shape index (κ2) is 10.1. The van der Waals surface area contributed by atoms with Crippen molar-refractivity contribution in [2.45, 2.75) is 12.8 Å². The standard InChI is InChI=1S/C23H20ClN3O3S/c1-30-23(29)27-22(31)26-17-8-9-18(21(28)15-5-3-2-4-6-15)16(13-17)11-14-7-10-19(24)20(25)12-14/h2-10,13,25H,11-12H2,1H3,(H2,26,27,29,31). The van der Waals surface area contributed by atoms with E-state index in [1.165, 1.54) is 7.11 Å². The van der Waals surface area contributed by atoms with Crippen LogP contribution in [0.4, 0.5) is 10.5 Å². The molecule has 6 nitrogen and oxygen atoms in total. The number of allylic oxidation sites excluding steroid dienone is 4. The summed E-state index contributed by atoms with van der Waals surface area (Å²) in [7, 11) is 1.25. The summed E-state index contributed by atoms with van der Waals surface area (Å²) >= 11 is 11.1. The lowest BCUT2D eigenvalue weighted by Crippen LogP contribution is -2.33. The van der Waals surface area contributed by atoms with Crippen molar-refractivity contribution in [3.8, 4) is 0 Å². The van der Waals surface area contributed by atoms with E-state index in [-0.39, 0.29) is 10.9 Å². The molecule has 8 heteroatoms. The number of hydrogen-bond donors (Lipinski definition) is 3. The monoisotopic (exact) mass is 453 g/mol. The van der Waals surface area contributed by atoms with Gasteiger partial charge in [0.25, 0.3) is 0 Å². The fraction of sp³-hybridized carbons (Fsp3) is 0.130. The maximum Gasteiger partial charge on any atom is 0.413 e. The summed E-state index contributed by atoms with van der Waals surface area (Å²) in [6, 6.07) is 14.3. The maximum absolute atomic E-state index is 13.1. The fourth-order valence-electron chi connectivity index (χ4n) is 3.12. The first-order chi connectivity index (χ1) is 14.9. The van der Waals surface area contributed by atoms with Crippen molar-refractivity contribution >= 4 is 52.2 Å². The van der Waals surface area contributed by atoms with Crippen molar-refractivity contribution in [3.63, 3.8) is 0 Å². The van der Waals surface area contributed by atoms with E-state index >= 15 is 0 Å². The number of alkyl carbamates (subject to hydrolysis) is 1. The summed E-state index contributed by atoms with van der Waals surface area (Å²) in [6.07, 6.45) is 3.76. The number of nitrogens with one attached hydrogen (secondary N) is 3. The first kappa shape index (κ1) is 22.4. The highest BCUT2D eigenvalue weighted by Gasteiger charge is 2.18. The molecule has 1 amide bonds. The van der Waals surface area contributed by atoms with Crippen LogP contribution in [0.15, 0.2) is 71.3 Å². The first-order valence-corrected chi connectivity index (χ1v) is 10.2. The Bertz CT molecular complexity index is 1110. The predicted octanol–water partition coefficient (Wildman–Crippen LogP) is 4.99. The van der Waals surface area contributed by atoms with Gasteiger partial charge in [0.15, 0.2) is 10.9 Å². The van der Waals surface area contributed by atoms with Crippen molar-refractivity contribution in [3.05, 3.63) is 88.0 Å². The third kappa shape index (κ3) is 5.87. The lowest BCUT2D eigenvalue weighted by atomic mass is 9.90. The van der Waals surface area contributed by atoms with Gasteiger partial charge in [-0.05, 0) is 48.5 Å². The molecule has 0 saturated heterocycles. The van der Waals surface area contributed by atoms with Gasteiger partial charge in [-0.1, -0.05) is 53.6 Å². The van der Waals surface area contributed by atoms with Gasteiger partial charge in [0.05, 0.1) is 17.9 Å². The molecule has 0 heterocycles. The Morgan fingerprint density at radius 1 is 1.16 bits per heavy atom. The van der Waals surface area contributed by atoms with Crippen LogP contribution in [-0.2, 0) is 11.2 Å². The van der Waals surface area contributed by atoms with Gasteiger partial charge in [-0.3, -0.25) is 10.1 Å². The number of ketones is 1. The van der Waals surface area contributed by atoms with Crippen LogP contribution in [0, 0.1) is 5.41 Å². The fourth-order valence-corrected chi connectivity index (χ4v) is 3.45. The number of anilines is 1. The molecule has 2 aromatic rings. The third-order valence-electron chi connectivity index (χ3n) is 4.62. The van der Waals surface area contributed by atoms with Gasteiger partial charge in [-0.15, -0.1) is 0 Å². The molecule has 0 atom stereocenters. The molecule has 0 aromatic heterocycles. The summed E-state index contributed by atoms with van der Waals surface area (Å²) in [4.78, 5) is 24.5. The smallest absolute Gasteiger partial charge is 0.413 e. The minimum Gasteiger partial charge on any atom is -0.453 e. The predicted molar refractivity (Wildman–Crippen MR) is 126 cm³/mol. The Kier molecular flexibility index (Phi) is 7.33. The highest BCUT2D eigenvalue weighted by molar-refractivity contribution is 7.80. The molecule has 1 aliphatic carbocycles. The summed E-state index contributed by atoms with van der Waals surface area (Å²) < 4.78 is 4.54. The molecular weight excluding hydrogens is 434 g/mol. The molecule has 0 unspecified atom stereocenters. The average Bonchev–Trinajstić information content (AvgIpc) is 2.76. The molecule has 0 bridgehead atoms. The number of rotatable bonds is 5. The number of carbonyl (C=O) groups excluding carboxylic acids is 2.